The van der Waals surface area contributed by atoms with Crippen molar-refractivity contribution in [2.75, 3.05) is 80.7 Å². The van der Waals surface area contributed by atoms with Gasteiger partial charge in [0, 0.05) is 94.1 Å². The molecule has 0 unspecified atom stereocenters. The zero-order valence-electron chi connectivity index (χ0n) is 39.5. The van der Waals surface area contributed by atoms with Crippen LogP contribution in [0.4, 0.5) is 4.79 Å². The molecule has 4 aromatic heterocycles. The van der Waals surface area contributed by atoms with Crippen molar-refractivity contribution in [3.63, 3.8) is 0 Å². The maximum Gasteiger partial charge on any atom is 0.410 e. The number of amides is 1. The molecule has 0 radical (unpaired) electrons. The van der Waals surface area contributed by atoms with E-state index in [2.05, 4.69) is 35.5 Å². The van der Waals surface area contributed by atoms with E-state index < -0.39 is 5.60 Å². The van der Waals surface area contributed by atoms with Gasteiger partial charge >= 0.3 is 18.1 Å². The number of ether oxygens (including phenoxy) is 3. The summed E-state index contributed by atoms with van der Waals surface area (Å²) in [7, 11) is 8.00. The lowest BCUT2D eigenvalue weighted by molar-refractivity contribution is 0.0204. The SMILES string of the molecule is CN(C)CCOc1nccc(-c2c(-c3cccc(Cl)c3)n[nH]c2C2CCN(C(=O)OC(C)(C)C)CC2)n1.CN(C)CCOc1nccc(-c2c(-c3cccc(Cl)c3)n[nH]c2C2CCNCC2)n1. The summed E-state index contributed by atoms with van der Waals surface area (Å²) in [6, 6.07) is 19.9. The average Bonchev–Trinajstić information content (AvgIpc) is 3.96. The number of piperidine rings is 2. The van der Waals surface area contributed by atoms with Crippen LogP contribution >= 0.6 is 23.2 Å². The number of aromatic nitrogens is 8. The first-order valence-electron chi connectivity index (χ1n) is 22.8. The number of likely N-dealkylation sites (N-methyl/N-ethyl adjacent to an activating group) is 2. The Labute approximate surface area is 403 Å². The van der Waals surface area contributed by atoms with Crippen LogP contribution in [0.3, 0.4) is 0 Å². The molecule has 0 aliphatic carbocycles. The molecule has 2 aliphatic heterocycles. The van der Waals surface area contributed by atoms with Crippen LogP contribution in [-0.4, -0.2) is 147 Å². The molecule has 8 rings (SSSR count). The van der Waals surface area contributed by atoms with E-state index in [4.69, 9.17) is 52.5 Å². The first-order chi connectivity index (χ1) is 32.2. The largest absolute Gasteiger partial charge is 0.462 e. The topological polar surface area (TPSA) is 175 Å². The number of rotatable bonds is 14. The number of halogens is 2. The standard InChI is InChI=1S/C27H35ClN6O3.C22H27ClN6O/c1-27(2,3)37-26(35)34-13-10-18(11-14-34)23-22(24(32-31-23)19-7-6-8-20(28)17-19)21-9-12-29-25(30-21)36-16-15-33(4)5;1-29(2)12-13-30-22-25-11-8-18(26-22)19-20(15-6-9-24-10-7-15)27-28-21(19)16-4-3-5-17(23)14-16/h6-9,12,17-18H,10-11,13-16H2,1-5H3,(H,31,32);3-5,8,11,14-15,24H,6-7,9-10,12-13H2,1-2H3,(H,27,28). The molecule has 2 aliphatic rings. The molecule has 3 N–H and O–H groups in total. The third-order valence-corrected chi connectivity index (χ3v) is 11.9. The van der Waals surface area contributed by atoms with Gasteiger partial charge in [-0.25, -0.2) is 14.8 Å². The summed E-state index contributed by atoms with van der Waals surface area (Å²) >= 11 is 12.6. The van der Waals surface area contributed by atoms with Crippen LogP contribution in [0, 0.1) is 0 Å². The number of hydrogen-bond donors (Lipinski definition) is 3. The lowest BCUT2D eigenvalue weighted by Crippen LogP contribution is -2.41. The number of hydrogen-bond acceptors (Lipinski definition) is 13. The molecule has 6 heterocycles. The van der Waals surface area contributed by atoms with Crippen LogP contribution in [0.15, 0.2) is 73.1 Å². The highest BCUT2D eigenvalue weighted by Gasteiger charge is 2.32. The summed E-state index contributed by atoms with van der Waals surface area (Å²) in [5.41, 5.74) is 8.49. The molecule has 0 saturated carbocycles. The molecular formula is C49H62Cl2N12O4. The van der Waals surface area contributed by atoms with Crippen molar-refractivity contribution >= 4 is 29.3 Å². The molecule has 356 valence electrons. The molecule has 0 atom stereocenters. The minimum Gasteiger partial charge on any atom is -0.462 e. The Balaban J connectivity index is 0.000000203. The summed E-state index contributed by atoms with van der Waals surface area (Å²) in [5.74, 6) is 0.567. The van der Waals surface area contributed by atoms with Gasteiger partial charge in [-0.2, -0.15) is 20.2 Å². The highest BCUT2D eigenvalue weighted by molar-refractivity contribution is 6.31. The molecule has 1 amide bonds. The first kappa shape index (κ1) is 49.3. The predicted octanol–water partition coefficient (Wildman–Crippen LogP) is 8.84. The minimum absolute atomic E-state index is 0.169. The van der Waals surface area contributed by atoms with Gasteiger partial charge < -0.3 is 34.2 Å². The highest BCUT2D eigenvalue weighted by atomic mass is 35.5. The van der Waals surface area contributed by atoms with Crippen LogP contribution in [0.25, 0.3) is 45.0 Å². The number of carbonyl (C=O) groups is 1. The average molecular weight is 954 g/mol. The van der Waals surface area contributed by atoms with Crippen LogP contribution in [0.2, 0.25) is 10.0 Å². The second-order valence-corrected chi connectivity index (χ2v) is 19.1. The van der Waals surface area contributed by atoms with Crippen molar-refractivity contribution in [3.05, 3.63) is 94.5 Å². The monoisotopic (exact) mass is 952 g/mol. The molecule has 6 aromatic rings. The zero-order valence-corrected chi connectivity index (χ0v) is 41.0. The molecule has 67 heavy (non-hydrogen) atoms. The Kier molecular flexibility index (Phi) is 16.8. The van der Waals surface area contributed by atoms with E-state index in [0.717, 1.165) is 108 Å². The molecule has 16 nitrogen and oxygen atoms in total. The first-order valence-corrected chi connectivity index (χ1v) is 23.6. The van der Waals surface area contributed by atoms with Crippen LogP contribution in [-0.2, 0) is 4.74 Å². The quantitative estimate of drug-likeness (QED) is 0.0946. The number of nitrogens with zero attached hydrogens (tertiary/aromatic N) is 9. The molecular weight excluding hydrogens is 892 g/mol. The molecule has 2 fully saturated rings. The molecule has 2 saturated heterocycles. The van der Waals surface area contributed by atoms with Gasteiger partial charge in [-0.05, 0) is 124 Å². The van der Waals surface area contributed by atoms with E-state index in [1.165, 1.54) is 0 Å². The summed E-state index contributed by atoms with van der Waals surface area (Å²) in [6.07, 6.45) is 6.85. The number of likely N-dealkylation sites (tertiary alicyclic amines) is 1. The molecule has 2 aromatic carbocycles. The van der Waals surface area contributed by atoms with Crippen molar-refractivity contribution in [2.24, 2.45) is 0 Å². The van der Waals surface area contributed by atoms with E-state index in [1.807, 2.05) is 115 Å². The lowest BCUT2D eigenvalue weighted by Gasteiger charge is -2.33. The third kappa shape index (κ3) is 13.5. The Morgan fingerprint density at radius 2 is 1.16 bits per heavy atom. The third-order valence-electron chi connectivity index (χ3n) is 11.4. The lowest BCUT2D eigenvalue weighted by atomic mass is 9.89. The molecule has 0 spiro atoms. The van der Waals surface area contributed by atoms with E-state index in [9.17, 15) is 4.79 Å². The van der Waals surface area contributed by atoms with Crippen LogP contribution in [0.1, 0.15) is 69.7 Å². The fraction of sp³-hybridized carbons (Fsp3) is 0.449. The Bertz CT molecular complexity index is 2550. The van der Waals surface area contributed by atoms with Gasteiger partial charge in [0.1, 0.15) is 30.2 Å². The van der Waals surface area contributed by atoms with Gasteiger partial charge in [-0.3, -0.25) is 10.2 Å². The van der Waals surface area contributed by atoms with E-state index in [0.29, 0.717) is 54.3 Å². The Hall–Kier alpha value is -5.65. The fourth-order valence-corrected chi connectivity index (χ4v) is 8.42. The number of benzene rings is 2. The highest BCUT2D eigenvalue weighted by Crippen LogP contribution is 2.41. The van der Waals surface area contributed by atoms with Gasteiger partial charge in [0.2, 0.25) is 0 Å². The number of H-pyrrole nitrogens is 2. The number of carbonyl (C=O) groups excluding carboxylic acids is 1. The van der Waals surface area contributed by atoms with Gasteiger partial charge in [-0.15, -0.1) is 0 Å². The summed E-state index contributed by atoms with van der Waals surface area (Å²) in [6.45, 7) is 11.4. The van der Waals surface area contributed by atoms with E-state index >= 15 is 0 Å². The molecule has 0 bridgehead atoms. The number of aromatic amines is 2. The maximum absolute atomic E-state index is 12.6. The van der Waals surface area contributed by atoms with Crippen molar-refractivity contribution < 1.29 is 19.0 Å². The van der Waals surface area contributed by atoms with E-state index in [-0.39, 0.29) is 12.0 Å². The second-order valence-electron chi connectivity index (χ2n) is 18.3. The maximum atomic E-state index is 12.6. The number of nitrogens with one attached hydrogen (secondary N) is 3. The Morgan fingerprint density at radius 3 is 1.60 bits per heavy atom. The van der Waals surface area contributed by atoms with Crippen molar-refractivity contribution in [1.82, 2.24) is 60.3 Å². The van der Waals surface area contributed by atoms with Gasteiger partial charge in [-0.1, -0.05) is 47.5 Å². The van der Waals surface area contributed by atoms with E-state index in [1.54, 1.807) is 17.3 Å². The zero-order chi connectivity index (χ0) is 47.5. The second kappa shape index (κ2) is 22.9. The van der Waals surface area contributed by atoms with Gasteiger partial charge in [0.15, 0.2) is 0 Å². The van der Waals surface area contributed by atoms with Crippen molar-refractivity contribution in [3.8, 4) is 57.1 Å². The van der Waals surface area contributed by atoms with Crippen LogP contribution in [0.5, 0.6) is 12.0 Å². The normalized spacial score (nSPS) is 14.8. The summed E-state index contributed by atoms with van der Waals surface area (Å²) in [4.78, 5) is 36.5. The van der Waals surface area contributed by atoms with Gasteiger partial charge in [0.05, 0.1) is 11.4 Å². The predicted molar refractivity (Wildman–Crippen MR) is 263 cm³/mol. The van der Waals surface area contributed by atoms with Crippen molar-refractivity contribution in [2.45, 2.75) is 63.9 Å². The summed E-state index contributed by atoms with van der Waals surface area (Å²) in [5, 5.41) is 20.7. The van der Waals surface area contributed by atoms with Crippen LogP contribution < -0.4 is 14.8 Å². The Morgan fingerprint density at radius 1 is 0.701 bits per heavy atom. The van der Waals surface area contributed by atoms with Crippen molar-refractivity contribution in [1.29, 1.82) is 0 Å². The minimum atomic E-state index is -0.518. The fourth-order valence-electron chi connectivity index (χ4n) is 8.04. The smallest absolute Gasteiger partial charge is 0.410 e. The summed E-state index contributed by atoms with van der Waals surface area (Å²) < 4.78 is 17.2. The molecule has 18 heteroatoms. The van der Waals surface area contributed by atoms with Gasteiger partial charge in [0.25, 0.3) is 0 Å².